The predicted octanol–water partition coefficient (Wildman–Crippen LogP) is 5.67. The molecule has 0 spiro atoms. The van der Waals surface area contributed by atoms with Gasteiger partial charge >= 0.3 is 5.97 Å². The van der Waals surface area contributed by atoms with E-state index in [1.807, 2.05) is 48.5 Å². The van der Waals surface area contributed by atoms with Gasteiger partial charge in [0.2, 0.25) is 0 Å². The lowest BCUT2D eigenvalue weighted by Gasteiger charge is -2.26. The second kappa shape index (κ2) is 13.9. The van der Waals surface area contributed by atoms with Crippen molar-refractivity contribution in [3.05, 3.63) is 150 Å². The molecule has 0 bridgehead atoms. The Morgan fingerprint density at radius 3 is 2.36 bits per heavy atom. The molecule has 10 heteroatoms. The maximum absolute atomic E-state index is 14.2. The first-order chi connectivity index (χ1) is 22.9. The fourth-order valence-corrected chi connectivity index (χ4v) is 6.33. The quantitative estimate of drug-likeness (QED) is 0.181. The van der Waals surface area contributed by atoms with E-state index in [2.05, 4.69) is 0 Å². The number of hydrogen-bond acceptors (Lipinski definition) is 8. The number of aromatic nitrogens is 1. The third-order valence-electron chi connectivity index (χ3n) is 7.60. The van der Waals surface area contributed by atoms with Crippen molar-refractivity contribution in [3.63, 3.8) is 0 Å². The Bertz CT molecular complexity index is 2120. The van der Waals surface area contributed by atoms with Gasteiger partial charge in [-0.3, -0.25) is 9.36 Å². The van der Waals surface area contributed by atoms with Gasteiger partial charge in [-0.25, -0.2) is 14.2 Å². The maximum atomic E-state index is 14.2. The number of carbonyl (C=O) groups is 1. The summed E-state index contributed by atoms with van der Waals surface area (Å²) in [5.41, 5.74) is 3.35. The van der Waals surface area contributed by atoms with Gasteiger partial charge < -0.3 is 18.9 Å². The molecular formula is C37H31FN2O6S. The minimum Gasteiger partial charge on any atom is -0.497 e. The number of fused-ring (bicyclic) bond motifs is 1. The molecule has 5 aromatic rings. The Hall–Kier alpha value is -5.48. The molecule has 8 nitrogen and oxygen atoms in total. The third-order valence-corrected chi connectivity index (χ3v) is 8.58. The first kappa shape index (κ1) is 31.5. The minimum absolute atomic E-state index is 0.162. The van der Waals surface area contributed by atoms with Crippen LogP contribution in [0.25, 0.3) is 11.8 Å². The fourth-order valence-electron chi connectivity index (χ4n) is 5.33. The van der Waals surface area contributed by atoms with Gasteiger partial charge in [0.05, 0.1) is 42.7 Å². The molecule has 0 aliphatic carbocycles. The van der Waals surface area contributed by atoms with Crippen molar-refractivity contribution in [1.29, 1.82) is 0 Å². The summed E-state index contributed by atoms with van der Waals surface area (Å²) in [6, 6.07) is 27.3. The average molecular weight is 651 g/mol. The summed E-state index contributed by atoms with van der Waals surface area (Å²) in [5, 5.41) is 0. The molecule has 1 aromatic heterocycles. The van der Waals surface area contributed by atoms with Crippen LogP contribution in [0.5, 0.6) is 17.2 Å². The number of ether oxygens (including phenoxy) is 4. The zero-order chi connectivity index (χ0) is 32.9. The summed E-state index contributed by atoms with van der Waals surface area (Å²) in [6.07, 6.45) is 1.76. The number of esters is 1. The maximum Gasteiger partial charge on any atom is 0.338 e. The number of carbonyl (C=O) groups excluding carboxylic acids is 1. The third kappa shape index (κ3) is 6.59. The van der Waals surface area contributed by atoms with Crippen molar-refractivity contribution in [3.8, 4) is 17.2 Å². The van der Waals surface area contributed by atoms with Gasteiger partial charge in [0.15, 0.2) is 16.3 Å². The molecule has 0 saturated carbocycles. The Morgan fingerprint density at radius 2 is 1.68 bits per heavy atom. The van der Waals surface area contributed by atoms with Crippen LogP contribution < -0.4 is 29.1 Å². The first-order valence-corrected chi connectivity index (χ1v) is 15.7. The van der Waals surface area contributed by atoms with E-state index in [0.717, 1.165) is 11.1 Å². The number of benzene rings is 4. The van der Waals surface area contributed by atoms with E-state index < -0.39 is 12.0 Å². The van der Waals surface area contributed by atoms with Crippen molar-refractivity contribution < 1.29 is 28.1 Å². The number of rotatable bonds is 10. The Morgan fingerprint density at radius 1 is 0.936 bits per heavy atom. The Labute approximate surface area is 274 Å². The summed E-state index contributed by atoms with van der Waals surface area (Å²) >= 11 is 1.23. The van der Waals surface area contributed by atoms with E-state index in [0.29, 0.717) is 43.4 Å². The van der Waals surface area contributed by atoms with Crippen LogP contribution in [-0.2, 0) is 16.1 Å². The van der Waals surface area contributed by atoms with E-state index in [4.69, 9.17) is 23.9 Å². The lowest BCUT2D eigenvalue weighted by atomic mass is 9.93. The highest BCUT2D eigenvalue weighted by Gasteiger charge is 2.35. The number of halogens is 1. The normalized spacial score (nSPS) is 14.3. The topological polar surface area (TPSA) is 88.4 Å². The van der Waals surface area contributed by atoms with Gasteiger partial charge in [0.25, 0.3) is 5.56 Å². The second-order valence-corrected chi connectivity index (χ2v) is 11.5. The van der Waals surface area contributed by atoms with Crippen LogP contribution in [0.4, 0.5) is 4.39 Å². The largest absolute Gasteiger partial charge is 0.497 e. The van der Waals surface area contributed by atoms with Crippen LogP contribution in [0.3, 0.4) is 0 Å². The molecule has 238 valence electrons. The van der Waals surface area contributed by atoms with E-state index in [9.17, 15) is 14.0 Å². The number of methoxy groups -OCH3 is 2. The molecule has 0 fully saturated rings. The predicted molar refractivity (Wildman–Crippen MR) is 178 cm³/mol. The Kier molecular flexibility index (Phi) is 9.30. The molecular weight excluding hydrogens is 619 g/mol. The smallest absolute Gasteiger partial charge is 0.338 e. The number of hydrogen-bond donors (Lipinski definition) is 0. The van der Waals surface area contributed by atoms with E-state index in [1.165, 1.54) is 30.6 Å². The van der Waals surface area contributed by atoms with E-state index >= 15 is 0 Å². The molecule has 4 aromatic carbocycles. The van der Waals surface area contributed by atoms with Gasteiger partial charge in [0.1, 0.15) is 18.2 Å². The summed E-state index contributed by atoms with van der Waals surface area (Å²) < 4.78 is 37.7. The summed E-state index contributed by atoms with van der Waals surface area (Å²) in [5.74, 6) is 0.753. The van der Waals surface area contributed by atoms with Gasteiger partial charge in [-0.1, -0.05) is 72.0 Å². The van der Waals surface area contributed by atoms with E-state index in [-0.39, 0.29) is 30.2 Å². The monoisotopic (exact) mass is 650 g/mol. The molecule has 2 heterocycles. The molecule has 0 unspecified atom stereocenters. The van der Waals surface area contributed by atoms with E-state index in [1.54, 1.807) is 61.1 Å². The highest BCUT2D eigenvalue weighted by molar-refractivity contribution is 7.07. The van der Waals surface area contributed by atoms with Crippen molar-refractivity contribution >= 4 is 29.1 Å². The summed E-state index contributed by atoms with van der Waals surface area (Å²) in [4.78, 5) is 33.2. The molecule has 1 atom stereocenters. The molecule has 0 saturated heterocycles. The highest BCUT2D eigenvalue weighted by atomic mass is 32.1. The molecule has 1 aliphatic rings. The van der Waals surface area contributed by atoms with Crippen LogP contribution in [0.2, 0.25) is 0 Å². The van der Waals surface area contributed by atoms with Crippen LogP contribution in [0.15, 0.2) is 112 Å². The molecule has 0 amide bonds. The van der Waals surface area contributed by atoms with Crippen molar-refractivity contribution in [1.82, 2.24) is 4.57 Å². The number of thiazole rings is 1. The molecule has 1 aliphatic heterocycles. The molecule has 0 radical (unpaired) electrons. The Balaban J connectivity index is 1.46. The van der Waals surface area contributed by atoms with Crippen molar-refractivity contribution in [2.45, 2.75) is 19.6 Å². The van der Waals surface area contributed by atoms with Gasteiger partial charge in [-0.2, -0.15) is 0 Å². The van der Waals surface area contributed by atoms with Crippen molar-refractivity contribution in [2.24, 2.45) is 4.99 Å². The van der Waals surface area contributed by atoms with Crippen LogP contribution in [0, 0.1) is 5.82 Å². The zero-order valence-corrected chi connectivity index (χ0v) is 26.8. The lowest BCUT2D eigenvalue weighted by molar-refractivity contribution is -0.138. The standard InChI is InChI=1S/C37H31FN2O6S/c1-4-45-36(42)32-33(25-8-6-5-7-9-25)39-37-40(34(32)26-13-17-28(43-2)18-14-26)35(41)31(47-37)21-24-12-19-29(30(20-24)44-3)46-22-23-10-15-27(38)16-11-23/h5-21,34H,4,22H2,1-3H3/b31-21-/t34-/m1/s1. The fraction of sp³-hybridized carbons (Fsp3) is 0.162. The minimum atomic E-state index is -0.801. The highest BCUT2D eigenvalue weighted by Crippen LogP contribution is 2.36. The zero-order valence-electron chi connectivity index (χ0n) is 25.9. The van der Waals surface area contributed by atoms with Crippen LogP contribution >= 0.6 is 11.3 Å². The molecule has 0 N–H and O–H groups in total. The number of nitrogens with zero attached hydrogens (tertiary/aromatic N) is 2. The SMILES string of the molecule is CCOC(=O)C1=C(c2ccccc2)N=c2s/c(=C\c3ccc(OCc4ccc(F)cc4)c(OC)c3)c(=O)n2[C@@H]1c1ccc(OC)cc1. The lowest BCUT2D eigenvalue weighted by Crippen LogP contribution is -2.40. The molecule has 47 heavy (non-hydrogen) atoms. The molecule has 6 rings (SSSR count). The van der Waals surface area contributed by atoms with Gasteiger partial charge in [-0.15, -0.1) is 0 Å². The van der Waals surface area contributed by atoms with Gasteiger partial charge in [-0.05, 0) is 66.1 Å². The average Bonchev–Trinajstić information content (AvgIpc) is 3.41. The summed E-state index contributed by atoms with van der Waals surface area (Å²) in [7, 11) is 3.11. The van der Waals surface area contributed by atoms with Crippen LogP contribution in [-0.4, -0.2) is 31.4 Å². The second-order valence-electron chi connectivity index (χ2n) is 10.5. The summed E-state index contributed by atoms with van der Waals surface area (Å²) in [6.45, 7) is 2.13. The van der Waals surface area contributed by atoms with Crippen LogP contribution in [0.1, 0.15) is 35.2 Å². The van der Waals surface area contributed by atoms with Crippen molar-refractivity contribution in [2.75, 3.05) is 20.8 Å². The first-order valence-electron chi connectivity index (χ1n) is 14.9. The van der Waals surface area contributed by atoms with Gasteiger partial charge in [0, 0.05) is 5.56 Å².